The number of fused-ring (bicyclic) bond motifs is 1. The molecule has 0 radical (unpaired) electrons. The molecule has 1 fully saturated rings. The molecule has 2 aliphatic rings. The molecule has 2 aromatic rings. The Kier molecular flexibility index (Phi) is 5.48. The maximum atomic E-state index is 12.4. The number of nitrogens with zero attached hydrogens (tertiary/aromatic N) is 5. The van der Waals surface area contributed by atoms with Crippen molar-refractivity contribution in [2.24, 2.45) is 5.92 Å². The largest absolute Gasteiger partial charge is 0.347 e. The van der Waals surface area contributed by atoms with Crippen LogP contribution < -0.4 is 11.2 Å². The molecule has 0 unspecified atom stereocenters. The van der Waals surface area contributed by atoms with Crippen molar-refractivity contribution in [3.8, 4) is 0 Å². The molecule has 0 amide bonds. The summed E-state index contributed by atoms with van der Waals surface area (Å²) in [5, 5.41) is 4.66. The molecule has 4 rings (SSSR count). The minimum Gasteiger partial charge on any atom is -0.302 e. The van der Waals surface area contributed by atoms with Crippen molar-refractivity contribution >= 4 is 0 Å². The summed E-state index contributed by atoms with van der Waals surface area (Å²) in [6, 6.07) is 3.60. The van der Waals surface area contributed by atoms with Crippen LogP contribution in [0.25, 0.3) is 0 Å². The summed E-state index contributed by atoms with van der Waals surface area (Å²) < 4.78 is 3.35. The summed E-state index contributed by atoms with van der Waals surface area (Å²) in [5.74, 6) is 0.495. The van der Waals surface area contributed by atoms with E-state index in [4.69, 9.17) is 0 Å². The predicted octanol–water partition coefficient (Wildman–Crippen LogP) is 1.09. The number of piperidine rings is 1. The molecule has 0 aromatic carbocycles. The normalized spacial score (nSPS) is 18.4. The van der Waals surface area contributed by atoms with E-state index >= 15 is 0 Å². The Balaban J connectivity index is 1.30. The average molecular weight is 369 g/mol. The number of rotatable bonds is 5. The van der Waals surface area contributed by atoms with E-state index in [1.54, 1.807) is 21.5 Å². The zero-order chi connectivity index (χ0) is 18.6. The molecule has 0 bridgehead atoms. The molecular weight excluding hydrogens is 342 g/mol. The second-order valence-electron chi connectivity index (χ2n) is 7.72. The third kappa shape index (κ3) is 4.35. The number of likely N-dealkylation sites (tertiary alicyclic amines) is 1. The Bertz CT molecular complexity index is 896. The second-order valence-corrected chi connectivity index (χ2v) is 7.72. The Morgan fingerprint density at radius 1 is 1.07 bits per heavy atom. The number of hydrogen-bond donors (Lipinski definition) is 0. The molecule has 27 heavy (non-hydrogen) atoms. The molecule has 1 aliphatic carbocycles. The highest BCUT2D eigenvalue weighted by Gasteiger charge is 2.21. The van der Waals surface area contributed by atoms with Crippen LogP contribution in [0.5, 0.6) is 0 Å². The second kappa shape index (κ2) is 8.17. The highest BCUT2D eigenvalue weighted by atomic mass is 16.1. The van der Waals surface area contributed by atoms with Crippen molar-refractivity contribution in [3.63, 3.8) is 0 Å². The van der Waals surface area contributed by atoms with Crippen molar-refractivity contribution in [2.45, 2.75) is 51.6 Å². The van der Waals surface area contributed by atoms with Gasteiger partial charge in [0.15, 0.2) is 0 Å². The molecule has 0 atom stereocenters. The third-order valence-corrected chi connectivity index (χ3v) is 5.85. The lowest BCUT2D eigenvalue weighted by Crippen LogP contribution is -2.39. The minimum absolute atomic E-state index is 0.0500. The van der Waals surface area contributed by atoms with Crippen LogP contribution in [-0.4, -0.2) is 43.9 Å². The zero-order valence-corrected chi connectivity index (χ0v) is 15.7. The minimum atomic E-state index is -0.190. The van der Waals surface area contributed by atoms with E-state index in [2.05, 4.69) is 15.0 Å². The molecule has 3 heterocycles. The summed E-state index contributed by atoms with van der Waals surface area (Å²) in [4.78, 5) is 30.2. The van der Waals surface area contributed by atoms with Gasteiger partial charge in [0.05, 0.1) is 5.69 Å². The van der Waals surface area contributed by atoms with Gasteiger partial charge < -0.3 is 4.90 Å². The first-order valence-corrected chi connectivity index (χ1v) is 10.0. The van der Waals surface area contributed by atoms with Crippen LogP contribution in [0.1, 0.15) is 36.9 Å². The van der Waals surface area contributed by atoms with Crippen LogP contribution in [0.2, 0.25) is 0 Å². The highest BCUT2D eigenvalue weighted by Crippen LogP contribution is 2.20. The van der Waals surface area contributed by atoms with Gasteiger partial charge in [-0.1, -0.05) is 0 Å². The van der Waals surface area contributed by atoms with Gasteiger partial charge in [-0.25, -0.2) is 14.5 Å². The Hall–Kier alpha value is -2.28. The van der Waals surface area contributed by atoms with E-state index in [9.17, 15) is 9.59 Å². The standard InChI is InChI=1S/C20H27N5O2/c26-19-14-17-4-1-2-5-18(17)22-25(19)15-16-6-10-23(11-7-16)12-13-24-9-3-8-21-20(24)27/h3,8-9,14,16H,1-2,4-7,10-13,15H2. The summed E-state index contributed by atoms with van der Waals surface area (Å²) >= 11 is 0. The van der Waals surface area contributed by atoms with Crippen LogP contribution in [0.3, 0.4) is 0 Å². The molecule has 0 spiro atoms. The first kappa shape index (κ1) is 18.1. The number of hydrogen-bond acceptors (Lipinski definition) is 5. The monoisotopic (exact) mass is 369 g/mol. The summed E-state index contributed by atoms with van der Waals surface area (Å²) in [6.45, 7) is 4.25. The van der Waals surface area contributed by atoms with Crippen LogP contribution in [0, 0.1) is 5.92 Å². The smallest absolute Gasteiger partial charge is 0.302 e. The fourth-order valence-electron chi connectivity index (χ4n) is 4.18. The fourth-order valence-corrected chi connectivity index (χ4v) is 4.18. The van der Waals surface area contributed by atoms with E-state index in [-0.39, 0.29) is 11.2 Å². The van der Waals surface area contributed by atoms with Crippen molar-refractivity contribution < 1.29 is 0 Å². The van der Waals surface area contributed by atoms with E-state index in [1.165, 1.54) is 19.0 Å². The van der Waals surface area contributed by atoms with Crippen LogP contribution >= 0.6 is 0 Å². The van der Waals surface area contributed by atoms with Crippen molar-refractivity contribution in [1.82, 2.24) is 24.2 Å². The zero-order valence-electron chi connectivity index (χ0n) is 15.7. The molecule has 0 N–H and O–H groups in total. The molecular formula is C20H27N5O2. The summed E-state index contributed by atoms with van der Waals surface area (Å²) in [7, 11) is 0. The highest BCUT2D eigenvalue weighted by molar-refractivity contribution is 5.20. The Morgan fingerprint density at radius 2 is 1.89 bits per heavy atom. The average Bonchev–Trinajstić information content (AvgIpc) is 2.69. The topological polar surface area (TPSA) is 73.0 Å². The van der Waals surface area contributed by atoms with Gasteiger partial charge in [-0.2, -0.15) is 5.10 Å². The van der Waals surface area contributed by atoms with Crippen molar-refractivity contribution in [2.75, 3.05) is 19.6 Å². The molecule has 1 saturated heterocycles. The van der Waals surface area contributed by atoms with Crippen molar-refractivity contribution in [1.29, 1.82) is 0 Å². The van der Waals surface area contributed by atoms with E-state index in [0.717, 1.165) is 63.1 Å². The molecule has 7 heteroatoms. The van der Waals surface area contributed by atoms with Crippen molar-refractivity contribution in [3.05, 3.63) is 56.6 Å². The molecule has 2 aromatic heterocycles. The fraction of sp³-hybridized carbons (Fsp3) is 0.600. The van der Waals surface area contributed by atoms with Gasteiger partial charge in [0.2, 0.25) is 0 Å². The number of aromatic nitrogens is 4. The molecule has 0 saturated carbocycles. The quantitative estimate of drug-likeness (QED) is 0.789. The SMILES string of the molecule is O=c1ncccn1CCN1CCC(Cn2nc3c(cc2=O)CCCC3)CC1. The summed E-state index contributed by atoms with van der Waals surface area (Å²) in [6.07, 6.45) is 9.79. The lowest BCUT2D eigenvalue weighted by Gasteiger charge is -2.32. The van der Waals surface area contributed by atoms with Gasteiger partial charge >= 0.3 is 5.69 Å². The van der Waals surface area contributed by atoms with E-state index in [1.807, 2.05) is 6.07 Å². The van der Waals surface area contributed by atoms with Gasteiger partial charge in [-0.15, -0.1) is 0 Å². The van der Waals surface area contributed by atoms with Gasteiger partial charge in [0, 0.05) is 38.1 Å². The Labute approximate surface area is 158 Å². The maximum absolute atomic E-state index is 12.4. The molecule has 144 valence electrons. The van der Waals surface area contributed by atoms with E-state index in [0.29, 0.717) is 12.5 Å². The van der Waals surface area contributed by atoms with Gasteiger partial charge in [-0.3, -0.25) is 9.36 Å². The van der Waals surface area contributed by atoms with Crippen LogP contribution in [0.15, 0.2) is 34.1 Å². The Morgan fingerprint density at radius 3 is 2.70 bits per heavy atom. The van der Waals surface area contributed by atoms with Gasteiger partial charge in [0.1, 0.15) is 0 Å². The van der Waals surface area contributed by atoms with E-state index < -0.39 is 0 Å². The lowest BCUT2D eigenvalue weighted by atomic mass is 9.96. The van der Waals surface area contributed by atoms with Gasteiger partial charge in [0.25, 0.3) is 5.56 Å². The maximum Gasteiger partial charge on any atom is 0.347 e. The molecule has 7 nitrogen and oxygen atoms in total. The first-order chi connectivity index (χ1) is 13.2. The summed E-state index contributed by atoms with van der Waals surface area (Å²) in [5.41, 5.74) is 2.14. The van der Waals surface area contributed by atoms with Crippen LogP contribution in [0.4, 0.5) is 0 Å². The van der Waals surface area contributed by atoms with Gasteiger partial charge in [-0.05, 0) is 69.2 Å². The number of aryl methyl sites for hydroxylation is 2. The molecule has 1 aliphatic heterocycles. The third-order valence-electron chi connectivity index (χ3n) is 5.85. The van der Waals surface area contributed by atoms with Crippen LogP contribution in [-0.2, 0) is 25.9 Å². The lowest BCUT2D eigenvalue weighted by molar-refractivity contribution is 0.164. The first-order valence-electron chi connectivity index (χ1n) is 10.0. The predicted molar refractivity (Wildman–Crippen MR) is 103 cm³/mol.